The Bertz CT molecular complexity index is 256. The van der Waals surface area contributed by atoms with Crippen LogP contribution in [-0.2, 0) is 9.53 Å². The molecule has 1 fully saturated rings. The van der Waals surface area contributed by atoms with Crippen LogP contribution in [0.3, 0.4) is 0 Å². The van der Waals surface area contributed by atoms with Crippen molar-refractivity contribution >= 4 is 5.91 Å². The molecule has 0 aliphatic heterocycles. The molecule has 1 amide bonds. The molecule has 1 saturated carbocycles. The molecular weight excluding hydrogens is 206 g/mol. The van der Waals surface area contributed by atoms with Crippen LogP contribution in [0.4, 0.5) is 0 Å². The van der Waals surface area contributed by atoms with Crippen molar-refractivity contribution < 1.29 is 9.53 Å². The predicted octanol–water partition coefficient (Wildman–Crippen LogP) is -0.454. The minimum Gasteiger partial charge on any atom is -0.383 e. The van der Waals surface area contributed by atoms with E-state index in [0.717, 1.165) is 12.8 Å². The molecule has 5 heteroatoms. The van der Waals surface area contributed by atoms with Gasteiger partial charge < -0.3 is 16.2 Å². The standard InChI is InChI=1S/C11H23N3O2/c1-8(6-16-3)14(2)7-11(13,10(12)15)9-4-5-9/h8-9H,4-7,13H2,1-3H3,(H2,12,15). The smallest absolute Gasteiger partial charge is 0.239 e. The average molecular weight is 229 g/mol. The lowest BCUT2D eigenvalue weighted by atomic mass is 9.92. The number of hydrogen-bond acceptors (Lipinski definition) is 4. The molecule has 0 radical (unpaired) electrons. The van der Waals surface area contributed by atoms with Gasteiger partial charge in [0, 0.05) is 19.7 Å². The van der Waals surface area contributed by atoms with Crippen molar-refractivity contribution in [2.75, 3.05) is 27.3 Å². The predicted molar refractivity (Wildman–Crippen MR) is 62.8 cm³/mol. The molecule has 5 nitrogen and oxygen atoms in total. The zero-order valence-electron chi connectivity index (χ0n) is 10.4. The molecule has 0 aromatic carbocycles. The van der Waals surface area contributed by atoms with E-state index in [1.54, 1.807) is 7.11 Å². The highest BCUT2D eigenvalue weighted by atomic mass is 16.5. The lowest BCUT2D eigenvalue weighted by Crippen LogP contribution is -2.61. The second kappa shape index (κ2) is 5.12. The summed E-state index contributed by atoms with van der Waals surface area (Å²) >= 11 is 0. The van der Waals surface area contributed by atoms with Crippen molar-refractivity contribution in [2.24, 2.45) is 17.4 Å². The van der Waals surface area contributed by atoms with Gasteiger partial charge in [-0.1, -0.05) is 0 Å². The van der Waals surface area contributed by atoms with Crippen LogP contribution >= 0.6 is 0 Å². The summed E-state index contributed by atoms with van der Waals surface area (Å²) in [6.07, 6.45) is 2.01. The van der Waals surface area contributed by atoms with Crippen LogP contribution in [0.5, 0.6) is 0 Å². The first-order chi connectivity index (χ1) is 7.41. The van der Waals surface area contributed by atoms with E-state index in [2.05, 4.69) is 0 Å². The SMILES string of the molecule is COCC(C)N(C)CC(N)(C(N)=O)C1CC1. The molecule has 0 bridgehead atoms. The molecule has 1 aliphatic carbocycles. The van der Waals surface area contributed by atoms with Gasteiger partial charge in [-0.15, -0.1) is 0 Å². The number of nitrogens with zero attached hydrogens (tertiary/aromatic N) is 1. The van der Waals surface area contributed by atoms with E-state index in [1.165, 1.54) is 0 Å². The van der Waals surface area contributed by atoms with E-state index in [1.807, 2.05) is 18.9 Å². The average Bonchev–Trinajstić information content (AvgIpc) is 3.00. The van der Waals surface area contributed by atoms with Gasteiger partial charge in [0.1, 0.15) is 5.54 Å². The van der Waals surface area contributed by atoms with Crippen molar-refractivity contribution in [1.82, 2.24) is 4.90 Å². The molecule has 1 aliphatic rings. The van der Waals surface area contributed by atoms with Gasteiger partial charge in [0.15, 0.2) is 0 Å². The molecule has 16 heavy (non-hydrogen) atoms. The molecule has 0 spiro atoms. The Labute approximate surface area is 97.1 Å². The zero-order chi connectivity index (χ0) is 12.3. The Hall–Kier alpha value is -0.650. The second-order valence-electron chi connectivity index (χ2n) is 4.90. The topological polar surface area (TPSA) is 81.6 Å². The number of rotatable bonds is 7. The van der Waals surface area contributed by atoms with Crippen LogP contribution in [0.25, 0.3) is 0 Å². The van der Waals surface area contributed by atoms with Gasteiger partial charge in [-0.25, -0.2) is 0 Å². The Balaban J connectivity index is 2.58. The first-order valence-electron chi connectivity index (χ1n) is 5.69. The number of nitrogens with two attached hydrogens (primary N) is 2. The number of ether oxygens (including phenoxy) is 1. The van der Waals surface area contributed by atoms with Crippen molar-refractivity contribution in [3.63, 3.8) is 0 Å². The van der Waals surface area contributed by atoms with Crippen LogP contribution < -0.4 is 11.5 Å². The Morgan fingerprint density at radius 3 is 2.56 bits per heavy atom. The summed E-state index contributed by atoms with van der Waals surface area (Å²) in [4.78, 5) is 13.5. The molecule has 0 heterocycles. The largest absolute Gasteiger partial charge is 0.383 e. The Morgan fingerprint density at radius 2 is 2.19 bits per heavy atom. The highest BCUT2D eigenvalue weighted by Crippen LogP contribution is 2.38. The Kier molecular flexibility index (Phi) is 4.29. The third-order valence-electron chi connectivity index (χ3n) is 3.44. The number of amides is 1. The normalized spacial score (nSPS) is 21.8. The summed E-state index contributed by atoms with van der Waals surface area (Å²) < 4.78 is 5.08. The highest BCUT2D eigenvalue weighted by molar-refractivity contribution is 5.85. The highest BCUT2D eigenvalue weighted by Gasteiger charge is 2.47. The fraction of sp³-hybridized carbons (Fsp3) is 0.909. The van der Waals surface area contributed by atoms with E-state index in [-0.39, 0.29) is 12.0 Å². The number of carbonyl (C=O) groups excluding carboxylic acids is 1. The lowest BCUT2D eigenvalue weighted by molar-refractivity contribution is -0.124. The molecule has 2 atom stereocenters. The summed E-state index contributed by atoms with van der Waals surface area (Å²) in [5, 5.41) is 0. The van der Waals surface area contributed by atoms with Crippen molar-refractivity contribution in [3.05, 3.63) is 0 Å². The minimum atomic E-state index is -0.878. The van der Waals surface area contributed by atoms with Crippen molar-refractivity contribution in [2.45, 2.75) is 31.3 Å². The van der Waals surface area contributed by atoms with Crippen molar-refractivity contribution in [3.8, 4) is 0 Å². The molecular formula is C11H23N3O2. The van der Waals surface area contributed by atoms with Crippen LogP contribution in [-0.4, -0.2) is 49.7 Å². The monoisotopic (exact) mass is 229 g/mol. The van der Waals surface area contributed by atoms with Crippen molar-refractivity contribution in [1.29, 1.82) is 0 Å². The summed E-state index contributed by atoms with van der Waals surface area (Å²) in [6.45, 7) is 3.16. The lowest BCUT2D eigenvalue weighted by Gasteiger charge is -2.34. The van der Waals surface area contributed by atoms with E-state index in [4.69, 9.17) is 16.2 Å². The summed E-state index contributed by atoms with van der Waals surface area (Å²) in [6, 6.07) is 0.228. The van der Waals surface area contributed by atoms with E-state index >= 15 is 0 Å². The zero-order valence-corrected chi connectivity index (χ0v) is 10.4. The van der Waals surface area contributed by atoms with Gasteiger partial charge in [-0.2, -0.15) is 0 Å². The van der Waals surface area contributed by atoms with Crippen LogP contribution in [0.15, 0.2) is 0 Å². The van der Waals surface area contributed by atoms with Gasteiger partial charge in [0.05, 0.1) is 6.61 Å². The van der Waals surface area contributed by atoms with E-state index in [9.17, 15) is 4.79 Å². The quantitative estimate of drug-likeness (QED) is 0.619. The molecule has 0 saturated heterocycles. The number of methoxy groups -OCH3 is 1. The van der Waals surface area contributed by atoms with Gasteiger partial charge >= 0.3 is 0 Å². The fourth-order valence-corrected chi connectivity index (χ4v) is 1.94. The van der Waals surface area contributed by atoms with Crippen LogP contribution in [0.2, 0.25) is 0 Å². The molecule has 2 unspecified atom stereocenters. The summed E-state index contributed by atoms with van der Waals surface area (Å²) in [7, 11) is 3.60. The van der Waals surface area contributed by atoms with E-state index in [0.29, 0.717) is 13.2 Å². The third kappa shape index (κ3) is 2.93. The second-order valence-corrected chi connectivity index (χ2v) is 4.90. The maximum atomic E-state index is 11.5. The maximum Gasteiger partial charge on any atom is 0.239 e. The number of hydrogen-bond donors (Lipinski definition) is 2. The number of likely N-dealkylation sites (N-methyl/N-ethyl adjacent to an activating group) is 1. The molecule has 4 N–H and O–H groups in total. The molecule has 1 rings (SSSR count). The van der Waals surface area contributed by atoms with Gasteiger partial charge in [0.2, 0.25) is 5.91 Å². The molecule has 0 aromatic rings. The molecule has 0 aromatic heterocycles. The number of carbonyl (C=O) groups is 1. The van der Waals surface area contributed by atoms with Gasteiger partial charge in [0.25, 0.3) is 0 Å². The molecule has 94 valence electrons. The van der Waals surface area contributed by atoms with Crippen LogP contribution in [0, 0.1) is 5.92 Å². The minimum absolute atomic E-state index is 0.228. The summed E-state index contributed by atoms with van der Waals surface area (Å²) in [5.41, 5.74) is 10.7. The first-order valence-corrected chi connectivity index (χ1v) is 5.69. The van der Waals surface area contributed by atoms with Crippen LogP contribution in [0.1, 0.15) is 19.8 Å². The fourth-order valence-electron chi connectivity index (χ4n) is 1.94. The van der Waals surface area contributed by atoms with Gasteiger partial charge in [-0.05, 0) is 32.7 Å². The Morgan fingerprint density at radius 1 is 1.62 bits per heavy atom. The maximum absolute atomic E-state index is 11.5. The van der Waals surface area contributed by atoms with Gasteiger partial charge in [-0.3, -0.25) is 9.69 Å². The third-order valence-corrected chi connectivity index (χ3v) is 3.44. The summed E-state index contributed by atoms with van der Waals surface area (Å²) in [5.74, 6) is -0.145. The van der Waals surface area contributed by atoms with E-state index < -0.39 is 11.4 Å². The first kappa shape index (κ1) is 13.4. The number of primary amides is 1.